The molecule has 2 unspecified atom stereocenters. The number of rotatable bonds is 1. The van der Waals surface area contributed by atoms with Gasteiger partial charge in [-0.05, 0) is 18.8 Å². The number of nitrogen functional groups attached to an aromatic ring is 1. The first-order valence-corrected chi connectivity index (χ1v) is 7.13. The van der Waals surface area contributed by atoms with Gasteiger partial charge in [-0.15, -0.1) is 0 Å². The van der Waals surface area contributed by atoms with Gasteiger partial charge in [-0.2, -0.15) is 0 Å². The number of anilines is 1. The molecule has 1 aromatic heterocycles. The summed E-state index contributed by atoms with van der Waals surface area (Å²) < 4.78 is 2.08. The standard InChI is InChI=1S/C15H27N3/c1-10-7-6-8-11(9-10)12-13(16)18(5)14(17-12)15(2,3)4/h10-11H,6-9,16H2,1-5H3. The summed E-state index contributed by atoms with van der Waals surface area (Å²) in [5, 5.41) is 0. The molecule has 0 radical (unpaired) electrons. The van der Waals surface area contributed by atoms with Crippen LogP contribution in [0.2, 0.25) is 0 Å². The van der Waals surface area contributed by atoms with Crippen LogP contribution >= 0.6 is 0 Å². The van der Waals surface area contributed by atoms with Crippen molar-refractivity contribution in [3.8, 4) is 0 Å². The summed E-state index contributed by atoms with van der Waals surface area (Å²) in [6.45, 7) is 8.93. The first kappa shape index (κ1) is 13.4. The van der Waals surface area contributed by atoms with Gasteiger partial charge in [-0.25, -0.2) is 4.98 Å². The van der Waals surface area contributed by atoms with Crippen LogP contribution in [0.25, 0.3) is 0 Å². The molecule has 3 heteroatoms. The lowest BCUT2D eigenvalue weighted by Gasteiger charge is -2.25. The van der Waals surface area contributed by atoms with Crippen molar-refractivity contribution in [1.82, 2.24) is 9.55 Å². The highest BCUT2D eigenvalue weighted by Gasteiger charge is 2.29. The molecule has 1 aliphatic rings. The molecule has 0 aromatic carbocycles. The second-order valence-electron chi connectivity index (χ2n) is 6.98. The van der Waals surface area contributed by atoms with Gasteiger partial charge in [-0.1, -0.05) is 40.5 Å². The van der Waals surface area contributed by atoms with Crippen LogP contribution in [-0.4, -0.2) is 9.55 Å². The summed E-state index contributed by atoms with van der Waals surface area (Å²) in [5.74, 6) is 3.35. The van der Waals surface area contributed by atoms with Crippen molar-refractivity contribution < 1.29 is 0 Å². The average Bonchev–Trinajstić information content (AvgIpc) is 2.55. The second-order valence-corrected chi connectivity index (χ2v) is 6.98. The number of nitrogens with zero attached hydrogens (tertiary/aromatic N) is 2. The number of hydrogen-bond acceptors (Lipinski definition) is 2. The Kier molecular flexibility index (Phi) is 3.43. The van der Waals surface area contributed by atoms with E-state index in [1.807, 2.05) is 7.05 Å². The maximum atomic E-state index is 6.28. The molecule has 3 nitrogen and oxygen atoms in total. The lowest BCUT2D eigenvalue weighted by Crippen LogP contribution is -2.18. The molecule has 2 N–H and O–H groups in total. The van der Waals surface area contributed by atoms with Gasteiger partial charge in [0.2, 0.25) is 0 Å². The number of hydrogen-bond donors (Lipinski definition) is 1. The highest BCUT2D eigenvalue weighted by molar-refractivity contribution is 5.41. The van der Waals surface area contributed by atoms with Gasteiger partial charge in [0.25, 0.3) is 0 Å². The van der Waals surface area contributed by atoms with Crippen LogP contribution in [0, 0.1) is 5.92 Å². The Hall–Kier alpha value is -0.990. The largest absolute Gasteiger partial charge is 0.384 e. The van der Waals surface area contributed by atoms with Gasteiger partial charge < -0.3 is 10.3 Å². The van der Waals surface area contributed by atoms with Crippen molar-refractivity contribution in [1.29, 1.82) is 0 Å². The van der Waals surface area contributed by atoms with Gasteiger partial charge in [0.1, 0.15) is 11.6 Å². The van der Waals surface area contributed by atoms with Crippen molar-refractivity contribution in [3.63, 3.8) is 0 Å². The van der Waals surface area contributed by atoms with Crippen LogP contribution in [0.15, 0.2) is 0 Å². The van der Waals surface area contributed by atoms with Crippen LogP contribution in [-0.2, 0) is 12.5 Å². The Morgan fingerprint density at radius 1 is 1.28 bits per heavy atom. The first-order chi connectivity index (χ1) is 8.30. The van der Waals surface area contributed by atoms with Gasteiger partial charge in [0, 0.05) is 18.4 Å². The van der Waals surface area contributed by atoms with Gasteiger partial charge >= 0.3 is 0 Å². The Morgan fingerprint density at radius 3 is 2.44 bits per heavy atom. The summed E-state index contributed by atoms with van der Waals surface area (Å²) >= 11 is 0. The molecular weight excluding hydrogens is 222 g/mol. The lowest BCUT2D eigenvalue weighted by molar-refractivity contribution is 0.340. The highest BCUT2D eigenvalue weighted by Crippen LogP contribution is 2.39. The van der Waals surface area contributed by atoms with Crippen molar-refractivity contribution in [3.05, 3.63) is 11.5 Å². The smallest absolute Gasteiger partial charge is 0.126 e. The molecule has 1 aromatic rings. The third-order valence-electron chi connectivity index (χ3n) is 4.16. The van der Waals surface area contributed by atoms with Crippen LogP contribution in [0.4, 0.5) is 5.82 Å². The van der Waals surface area contributed by atoms with Crippen molar-refractivity contribution in [2.75, 3.05) is 5.73 Å². The number of imidazole rings is 1. The molecule has 1 fully saturated rings. The Balaban J connectivity index is 2.34. The monoisotopic (exact) mass is 249 g/mol. The summed E-state index contributed by atoms with van der Waals surface area (Å²) in [5.41, 5.74) is 7.48. The Bertz CT molecular complexity index is 426. The summed E-state index contributed by atoms with van der Waals surface area (Å²) in [6, 6.07) is 0. The molecule has 1 heterocycles. The van der Waals surface area contributed by atoms with E-state index in [1.165, 1.54) is 25.7 Å². The zero-order valence-electron chi connectivity index (χ0n) is 12.5. The maximum absolute atomic E-state index is 6.28. The summed E-state index contributed by atoms with van der Waals surface area (Å²) in [7, 11) is 2.04. The van der Waals surface area contributed by atoms with Gasteiger partial charge in [0.05, 0.1) is 5.69 Å². The molecule has 1 aliphatic carbocycles. The zero-order valence-corrected chi connectivity index (χ0v) is 12.5. The molecule has 102 valence electrons. The van der Waals surface area contributed by atoms with E-state index >= 15 is 0 Å². The van der Waals surface area contributed by atoms with Crippen molar-refractivity contribution >= 4 is 5.82 Å². The second kappa shape index (κ2) is 4.60. The fourth-order valence-corrected chi connectivity index (χ4v) is 3.19. The van der Waals surface area contributed by atoms with Gasteiger partial charge in [-0.3, -0.25) is 0 Å². The van der Waals surface area contributed by atoms with E-state index in [0.717, 1.165) is 23.3 Å². The molecule has 2 atom stereocenters. The minimum atomic E-state index is 0.0569. The molecular formula is C15H27N3. The van der Waals surface area contributed by atoms with Crippen molar-refractivity contribution in [2.24, 2.45) is 13.0 Å². The van der Waals surface area contributed by atoms with Crippen LogP contribution in [0.1, 0.15) is 70.8 Å². The predicted octanol–water partition coefficient (Wildman–Crippen LogP) is 3.59. The third-order valence-corrected chi connectivity index (χ3v) is 4.16. The topological polar surface area (TPSA) is 43.8 Å². The van der Waals surface area contributed by atoms with Crippen LogP contribution in [0.3, 0.4) is 0 Å². The molecule has 1 saturated carbocycles. The maximum Gasteiger partial charge on any atom is 0.126 e. The van der Waals surface area contributed by atoms with E-state index in [0.29, 0.717) is 5.92 Å². The molecule has 2 rings (SSSR count). The minimum absolute atomic E-state index is 0.0569. The fourth-order valence-electron chi connectivity index (χ4n) is 3.19. The van der Waals surface area contributed by atoms with E-state index in [-0.39, 0.29) is 5.41 Å². The molecule has 0 bridgehead atoms. The highest BCUT2D eigenvalue weighted by atomic mass is 15.1. The van der Waals surface area contributed by atoms with E-state index in [9.17, 15) is 0 Å². The quantitative estimate of drug-likeness (QED) is 0.826. The summed E-state index contributed by atoms with van der Waals surface area (Å²) in [4.78, 5) is 4.88. The van der Waals surface area contributed by atoms with Gasteiger partial charge in [0.15, 0.2) is 0 Å². The normalized spacial score (nSPS) is 25.4. The van der Waals surface area contributed by atoms with Crippen LogP contribution < -0.4 is 5.73 Å². The molecule has 0 spiro atoms. The zero-order chi connectivity index (χ0) is 13.5. The summed E-state index contributed by atoms with van der Waals surface area (Å²) in [6.07, 6.45) is 5.15. The number of aromatic nitrogens is 2. The fraction of sp³-hybridized carbons (Fsp3) is 0.800. The van der Waals surface area contributed by atoms with E-state index in [2.05, 4.69) is 32.3 Å². The van der Waals surface area contributed by atoms with Crippen LogP contribution in [0.5, 0.6) is 0 Å². The number of nitrogens with two attached hydrogens (primary N) is 1. The van der Waals surface area contributed by atoms with E-state index in [1.54, 1.807) is 0 Å². The molecule has 0 aliphatic heterocycles. The van der Waals surface area contributed by atoms with E-state index < -0.39 is 0 Å². The van der Waals surface area contributed by atoms with E-state index in [4.69, 9.17) is 10.7 Å². The van der Waals surface area contributed by atoms with Crippen molar-refractivity contribution in [2.45, 2.75) is 64.7 Å². The average molecular weight is 249 g/mol. The predicted molar refractivity (Wildman–Crippen MR) is 76.7 cm³/mol. The Morgan fingerprint density at radius 2 is 1.94 bits per heavy atom. The molecule has 18 heavy (non-hydrogen) atoms. The Labute approximate surface area is 111 Å². The SMILES string of the molecule is CC1CCCC(c2nc(C(C)(C)C)n(C)c2N)C1. The molecule has 0 saturated heterocycles. The first-order valence-electron chi connectivity index (χ1n) is 7.13. The lowest BCUT2D eigenvalue weighted by atomic mass is 9.81. The molecule has 0 amide bonds. The third kappa shape index (κ3) is 2.40. The minimum Gasteiger partial charge on any atom is -0.384 e.